The van der Waals surface area contributed by atoms with Crippen molar-refractivity contribution in [1.29, 1.82) is 0 Å². The van der Waals surface area contributed by atoms with Gasteiger partial charge in [0.2, 0.25) is 0 Å². The van der Waals surface area contributed by atoms with Crippen molar-refractivity contribution in [3.05, 3.63) is 34.1 Å². The van der Waals surface area contributed by atoms with Crippen molar-refractivity contribution in [2.45, 2.75) is 6.42 Å². The Morgan fingerprint density at radius 1 is 1.44 bits per heavy atom. The van der Waals surface area contributed by atoms with E-state index in [1.165, 1.54) is 18.2 Å². The lowest BCUT2D eigenvalue weighted by Crippen LogP contribution is -2.26. The molecule has 0 saturated heterocycles. The van der Waals surface area contributed by atoms with Crippen molar-refractivity contribution in [2.24, 2.45) is 0 Å². The molecule has 0 aliphatic heterocycles. The van der Waals surface area contributed by atoms with Gasteiger partial charge in [0.1, 0.15) is 5.82 Å². The number of hydrogen-bond acceptors (Lipinski definition) is 2. The SMILES string of the molecule is O=C(O)CCNC(=O)c1cccc(F)c1Br. The number of nitrogens with one attached hydrogen (secondary N) is 1. The molecule has 0 aromatic heterocycles. The number of rotatable bonds is 4. The molecule has 1 aromatic carbocycles. The van der Waals surface area contributed by atoms with Gasteiger partial charge >= 0.3 is 5.97 Å². The summed E-state index contributed by atoms with van der Waals surface area (Å²) in [5.41, 5.74) is 0.144. The van der Waals surface area contributed by atoms with Crippen molar-refractivity contribution in [3.8, 4) is 0 Å². The molecule has 0 heterocycles. The van der Waals surface area contributed by atoms with Crippen molar-refractivity contribution in [3.63, 3.8) is 0 Å². The molecule has 2 N–H and O–H groups in total. The van der Waals surface area contributed by atoms with E-state index in [0.29, 0.717) is 0 Å². The zero-order valence-electron chi connectivity index (χ0n) is 8.17. The minimum Gasteiger partial charge on any atom is -0.481 e. The molecule has 1 amide bonds. The van der Waals surface area contributed by atoms with E-state index in [9.17, 15) is 14.0 Å². The summed E-state index contributed by atoms with van der Waals surface area (Å²) in [5.74, 6) is -2.04. The highest BCUT2D eigenvalue weighted by Crippen LogP contribution is 2.19. The summed E-state index contributed by atoms with van der Waals surface area (Å²) in [7, 11) is 0. The van der Waals surface area contributed by atoms with E-state index in [2.05, 4.69) is 21.2 Å². The molecular weight excluding hydrogens is 281 g/mol. The number of aliphatic carboxylic acids is 1. The Kier molecular flexibility index (Phi) is 4.42. The third-order valence-corrected chi connectivity index (χ3v) is 2.63. The standard InChI is InChI=1S/C10H9BrFNO3/c11-9-6(2-1-3-7(9)12)10(16)13-5-4-8(14)15/h1-3H,4-5H2,(H,13,16)(H,14,15). The Balaban J connectivity index is 2.66. The highest BCUT2D eigenvalue weighted by Gasteiger charge is 2.12. The average molecular weight is 290 g/mol. The molecule has 1 aromatic rings. The molecular formula is C10H9BrFNO3. The van der Waals surface area contributed by atoms with Crippen LogP contribution in [0.4, 0.5) is 4.39 Å². The third kappa shape index (κ3) is 3.30. The number of benzene rings is 1. The van der Waals surface area contributed by atoms with Crippen LogP contribution >= 0.6 is 15.9 Å². The van der Waals surface area contributed by atoms with E-state index >= 15 is 0 Å². The first-order chi connectivity index (χ1) is 7.52. The maximum atomic E-state index is 13.1. The van der Waals surface area contributed by atoms with Crippen molar-refractivity contribution >= 4 is 27.8 Å². The summed E-state index contributed by atoms with van der Waals surface area (Å²) < 4.78 is 13.1. The van der Waals surface area contributed by atoms with Crippen LogP contribution in [0, 0.1) is 5.82 Å². The third-order valence-electron chi connectivity index (χ3n) is 1.82. The van der Waals surface area contributed by atoms with Gasteiger partial charge in [0.05, 0.1) is 16.5 Å². The normalized spacial score (nSPS) is 9.88. The fourth-order valence-electron chi connectivity index (χ4n) is 1.06. The Morgan fingerprint density at radius 3 is 2.75 bits per heavy atom. The summed E-state index contributed by atoms with van der Waals surface area (Å²) >= 11 is 2.95. The number of carbonyl (C=O) groups excluding carboxylic acids is 1. The number of carboxylic acids is 1. The summed E-state index contributed by atoms with van der Waals surface area (Å²) in [4.78, 5) is 21.7. The van der Waals surface area contributed by atoms with E-state index in [4.69, 9.17) is 5.11 Å². The quantitative estimate of drug-likeness (QED) is 0.888. The van der Waals surface area contributed by atoms with Crippen LogP contribution in [0.5, 0.6) is 0 Å². The fraction of sp³-hybridized carbons (Fsp3) is 0.200. The van der Waals surface area contributed by atoms with Gasteiger partial charge in [-0.15, -0.1) is 0 Å². The number of carboxylic acid groups (broad SMARTS) is 1. The Morgan fingerprint density at radius 2 is 2.12 bits per heavy atom. The van der Waals surface area contributed by atoms with Crippen LogP contribution in [-0.4, -0.2) is 23.5 Å². The molecule has 0 spiro atoms. The minimum atomic E-state index is -1.00. The van der Waals surface area contributed by atoms with Crippen LogP contribution < -0.4 is 5.32 Å². The molecule has 6 heteroatoms. The Bertz CT molecular complexity index is 423. The van der Waals surface area contributed by atoms with Crippen LogP contribution in [0.25, 0.3) is 0 Å². The number of hydrogen-bond donors (Lipinski definition) is 2. The first-order valence-electron chi connectivity index (χ1n) is 4.46. The number of halogens is 2. The molecule has 16 heavy (non-hydrogen) atoms. The van der Waals surface area contributed by atoms with E-state index in [1.54, 1.807) is 0 Å². The van der Waals surface area contributed by atoms with Gasteiger partial charge < -0.3 is 10.4 Å². The smallest absolute Gasteiger partial charge is 0.305 e. The molecule has 0 unspecified atom stereocenters. The molecule has 0 saturated carbocycles. The van der Waals surface area contributed by atoms with E-state index in [0.717, 1.165) is 0 Å². The van der Waals surface area contributed by atoms with Gasteiger partial charge in [-0.2, -0.15) is 0 Å². The van der Waals surface area contributed by atoms with Gasteiger partial charge in [0.15, 0.2) is 0 Å². The molecule has 0 bridgehead atoms. The van der Waals surface area contributed by atoms with Crippen molar-refractivity contribution < 1.29 is 19.1 Å². The lowest BCUT2D eigenvalue weighted by atomic mass is 10.2. The van der Waals surface area contributed by atoms with Crippen LogP contribution in [0.3, 0.4) is 0 Å². The predicted molar refractivity (Wildman–Crippen MR) is 58.7 cm³/mol. The molecule has 0 aliphatic rings. The molecule has 0 radical (unpaired) electrons. The molecule has 4 nitrogen and oxygen atoms in total. The van der Waals surface area contributed by atoms with Crippen LogP contribution in [0.1, 0.15) is 16.8 Å². The van der Waals surface area contributed by atoms with Crippen LogP contribution in [0.2, 0.25) is 0 Å². The zero-order chi connectivity index (χ0) is 12.1. The van der Waals surface area contributed by atoms with Gasteiger partial charge in [-0.1, -0.05) is 6.07 Å². The van der Waals surface area contributed by atoms with Gasteiger partial charge in [-0.25, -0.2) is 4.39 Å². The van der Waals surface area contributed by atoms with Crippen molar-refractivity contribution in [2.75, 3.05) is 6.54 Å². The summed E-state index contributed by atoms with van der Waals surface area (Å²) in [6.45, 7) is 0.0110. The highest BCUT2D eigenvalue weighted by molar-refractivity contribution is 9.10. The Labute approximate surface area is 99.6 Å². The van der Waals surface area contributed by atoms with E-state index in [-0.39, 0.29) is 23.0 Å². The van der Waals surface area contributed by atoms with Crippen LogP contribution in [-0.2, 0) is 4.79 Å². The van der Waals surface area contributed by atoms with Gasteiger partial charge in [-0.3, -0.25) is 9.59 Å². The zero-order valence-corrected chi connectivity index (χ0v) is 9.75. The molecule has 0 fully saturated rings. The summed E-state index contributed by atoms with van der Waals surface area (Å²) in [6.07, 6.45) is -0.168. The topological polar surface area (TPSA) is 66.4 Å². The van der Waals surface area contributed by atoms with E-state index < -0.39 is 17.7 Å². The lowest BCUT2D eigenvalue weighted by Gasteiger charge is -2.05. The second-order valence-electron chi connectivity index (χ2n) is 3.00. The molecule has 1 rings (SSSR count). The maximum absolute atomic E-state index is 13.1. The first kappa shape index (κ1) is 12.6. The Hall–Kier alpha value is -1.43. The average Bonchev–Trinajstić information content (AvgIpc) is 2.21. The van der Waals surface area contributed by atoms with Gasteiger partial charge in [0.25, 0.3) is 5.91 Å². The number of amides is 1. The van der Waals surface area contributed by atoms with Gasteiger partial charge in [-0.05, 0) is 28.1 Å². The molecule has 0 aliphatic carbocycles. The second-order valence-corrected chi connectivity index (χ2v) is 3.79. The largest absolute Gasteiger partial charge is 0.481 e. The highest BCUT2D eigenvalue weighted by atomic mass is 79.9. The number of carbonyl (C=O) groups is 2. The minimum absolute atomic E-state index is 0.0110. The first-order valence-corrected chi connectivity index (χ1v) is 5.25. The van der Waals surface area contributed by atoms with E-state index in [1.807, 2.05) is 0 Å². The van der Waals surface area contributed by atoms with Crippen molar-refractivity contribution in [1.82, 2.24) is 5.32 Å². The van der Waals surface area contributed by atoms with Crippen LogP contribution in [0.15, 0.2) is 22.7 Å². The summed E-state index contributed by atoms with van der Waals surface area (Å²) in [5, 5.41) is 10.8. The predicted octanol–water partition coefficient (Wildman–Crippen LogP) is 1.79. The maximum Gasteiger partial charge on any atom is 0.305 e. The lowest BCUT2D eigenvalue weighted by molar-refractivity contribution is -0.136. The van der Waals surface area contributed by atoms with Gasteiger partial charge in [0, 0.05) is 6.54 Å². The monoisotopic (exact) mass is 289 g/mol. The molecule has 0 atom stereocenters. The molecule has 86 valence electrons. The fourth-order valence-corrected chi connectivity index (χ4v) is 1.50. The second kappa shape index (κ2) is 5.60. The summed E-state index contributed by atoms with van der Waals surface area (Å²) in [6, 6.07) is 4.08.